The first-order chi connectivity index (χ1) is 8.50. The second-order valence-electron chi connectivity index (χ2n) is 6.30. The number of nitrogens with one attached hydrogen (secondary N) is 1. The standard InChI is InChI=1S/C15H27N3/c1-10(2)8-15-17-13-9-16-7-6-14(13)18(15)12(5)11(3)4/h10-12,16H,6-9H2,1-5H3. The van der Waals surface area contributed by atoms with Crippen LogP contribution in [0.3, 0.4) is 0 Å². The van der Waals surface area contributed by atoms with Gasteiger partial charge in [0.1, 0.15) is 5.82 Å². The molecule has 3 nitrogen and oxygen atoms in total. The number of nitrogens with zero attached hydrogens (tertiary/aromatic N) is 2. The van der Waals surface area contributed by atoms with E-state index in [0.717, 1.165) is 25.9 Å². The van der Waals surface area contributed by atoms with Gasteiger partial charge in [-0.25, -0.2) is 4.98 Å². The molecule has 18 heavy (non-hydrogen) atoms. The molecule has 1 aliphatic heterocycles. The van der Waals surface area contributed by atoms with Crippen LogP contribution < -0.4 is 5.32 Å². The molecule has 1 aromatic heterocycles. The van der Waals surface area contributed by atoms with E-state index in [9.17, 15) is 0 Å². The molecule has 0 saturated carbocycles. The summed E-state index contributed by atoms with van der Waals surface area (Å²) in [5, 5.41) is 3.43. The van der Waals surface area contributed by atoms with E-state index >= 15 is 0 Å². The minimum absolute atomic E-state index is 0.549. The van der Waals surface area contributed by atoms with Crippen molar-refractivity contribution >= 4 is 0 Å². The summed E-state index contributed by atoms with van der Waals surface area (Å²) in [6.07, 6.45) is 2.21. The zero-order valence-corrected chi connectivity index (χ0v) is 12.5. The molecule has 2 heterocycles. The van der Waals surface area contributed by atoms with E-state index < -0.39 is 0 Å². The fourth-order valence-electron chi connectivity index (χ4n) is 2.68. The van der Waals surface area contributed by atoms with Crippen LogP contribution in [-0.4, -0.2) is 16.1 Å². The molecule has 1 atom stereocenters. The van der Waals surface area contributed by atoms with Crippen molar-refractivity contribution in [3.05, 3.63) is 17.2 Å². The maximum Gasteiger partial charge on any atom is 0.109 e. The van der Waals surface area contributed by atoms with Gasteiger partial charge < -0.3 is 9.88 Å². The van der Waals surface area contributed by atoms with Gasteiger partial charge in [0.15, 0.2) is 0 Å². The summed E-state index contributed by atoms with van der Waals surface area (Å²) >= 11 is 0. The molecule has 0 radical (unpaired) electrons. The summed E-state index contributed by atoms with van der Waals surface area (Å²) < 4.78 is 2.53. The maximum atomic E-state index is 4.89. The van der Waals surface area contributed by atoms with E-state index in [4.69, 9.17) is 4.98 Å². The highest BCUT2D eigenvalue weighted by Crippen LogP contribution is 2.27. The molecule has 0 fully saturated rings. The summed E-state index contributed by atoms with van der Waals surface area (Å²) in [6.45, 7) is 13.5. The van der Waals surface area contributed by atoms with Crippen molar-refractivity contribution in [2.45, 2.75) is 60.0 Å². The Balaban J connectivity index is 2.41. The van der Waals surface area contributed by atoms with Crippen LogP contribution in [0.2, 0.25) is 0 Å². The lowest BCUT2D eigenvalue weighted by Crippen LogP contribution is -2.26. The Labute approximate surface area is 111 Å². The molecule has 0 bridgehead atoms. The smallest absolute Gasteiger partial charge is 0.109 e. The van der Waals surface area contributed by atoms with Crippen LogP contribution in [0, 0.1) is 11.8 Å². The van der Waals surface area contributed by atoms with Crippen LogP contribution in [-0.2, 0) is 19.4 Å². The number of hydrogen-bond donors (Lipinski definition) is 1. The molecular weight excluding hydrogens is 222 g/mol. The third-order valence-corrected chi connectivity index (χ3v) is 3.96. The molecule has 2 rings (SSSR count). The summed E-state index contributed by atoms with van der Waals surface area (Å²) in [5.41, 5.74) is 2.76. The maximum absolute atomic E-state index is 4.89. The average Bonchev–Trinajstić information content (AvgIpc) is 2.64. The Hall–Kier alpha value is -0.830. The second-order valence-corrected chi connectivity index (χ2v) is 6.30. The lowest BCUT2D eigenvalue weighted by Gasteiger charge is -2.25. The Morgan fingerprint density at radius 2 is 1.94 bits per heavy atom. The molecule has 0 amide bonds. The monoisotopic (exact) mass is 249 g/mol. The van der Waals surface area contributed by atoms with Gasteiger partial charge in [0.2, 0.25) is 0 Å². The SMILES string of the molecule is CC(C)Cc1nc2c(n1C(C)C(C)C)CCNC2. The van der Waals surface area contributed by atoms with Crippen LogP contribution in [0.1, 0.15) is 57.9 Å². The van der Waals surface area contributed by atoms with E-state index in [1.54, 1.807) is 0 Å². The first-order valence-electron chi connectivity index (χ1n) is 7.30. The predicted octanol–water partition coefficient (Wildman–Crippen LogP) is 2.94. The van der Waals surface area contributed by atoms with E-state index in [0.29, 0.717) is 17.9 Å². The van der Waals surface area contributed by atoms with Gasteiger partial charge in [-0.2, -0.15) is 0 Å². The third-order valence-electron chi connectivity index (χ3n) is 3.96. The Bertz CT molecular complexity index is 404. The van der Waals surface area contributed by atoms with Gasteiger partial charge in [-0.05, 0) is 18.8 Å². The topological polar surface area (TPSA) is 29.9 Å². The highest BCUT2D eigenvalue weighted by molar-refractivity contribution is 5.21. The summed E-state index contributed by atoms with van der Waals surface area (Å²) in [6, 6.07) is 0.549. The minimum Gasteiger partial charge on any atom is -0.329 e. The van der Waals surface area contributed by atoms with Gasteiger partial charge in [0.05, 0.1) is 5.69 Å². The first kappa shape index (κ1) is 13.6. The Morgan fingerprint density at radius 1 is 1.22 bits per heavy atom. The number of imidazole rings is 1. The van der Waals surface area contributed by atoms with Crippen molar-refractivity contribution in [1.29, 1.82) is 0 Å². The van der Waals surface area contributed by atoms with Gasteiger partial charge in [0, 0.05) is 37.7 Å². The lowest BCUT2D eigenvalue weighted by atomic mass is 10.0. The molecule has 0 spiro atoms. The van der Waals surface area contributed by atoms with Crippen molar-refractivity contribution < 1.29 is 0 Å². The number of rotatable bonds is 4. The van der Waals surface area contributed by atoms with Crippen molar-refractivity contribution in [3.8, 4) is 0 Å². The molecule has 3 heteroatoms. The third kappa shape index (κ3) is 2.61. The van der Waals surface area contributed by atoms with Gasteiger partial charge >= 0.3 is 0 Å². The van der Waals surface area contributed by atoms with Gasteiger partial charge in [-0.3, -0.25) is 0 Å². The minimum atomic E-state index is 0.549. The Kier molecular flexibility index (Phi) is 4.10. The van der Waals surface area contributed by atoms with Crippen molar-refractivity contribution in [1.82, 2.24) is 14.9 Å². The highest BCUT2D eigenvalue weighted by Gasteiger charge is 2.24. The van der Waals surface area contributed by atoms with Crippen LogP contribution in [0.15, 0.2) is 0 Å². The zero-order valence-electron chi connectivity index (χ0n) is 12.5. The van der Waals surface area contributed by atoms with Crippen molar-refractivity contribution in [2.75, 3.05) is 6.54 Å². The van der Waals surface area contributed by atoms with Gasteiger partial charge in [0.25, 0.3) is 0 Å². The van der Waals surface area contributed by atoms with E-state index in [-0.39, 0.29) is 0 Å². The number of hydrogen-bond acceptors (Lipinski definition) is 2. The van der Waals surface area contributed by atoms with Crippen LogP contribution in [0.5, 0.6) is 0 Å². The lowest BCUT2D eigenvalue weighted by molar-refractivity contribution is 0.378. The van der Waals surface area contributed by atoms with E-state index in [1.165, 1.54) is 17.2 Å². The molecule has 1 unspecified atom stereocenters. The molecule has 1 N–H and O–H groups in total. The molecule has 1 aliphatic rings. The van der Waals surface area contributed by atoms with Crippen LogP contribution in [0.25, 0.3) is 0 Å². The predicted molar refractivity (Wildman–Crippen MR) is 75.7 cm³/mol. The molecule has 1 aromatic rings. The summed E-state index contributed by atoms with van der Waals surface area (Å²) in [5.74, 6) is 2.61. The molecule has 0 saturated heterocycles. The highest BCUT2D eigenvalue weighted by atomic mass is 15.1. The number of aromatic nitrogens is 2. The Morgan fingerprint density at radius 3 is 2.56 bits per heavy atom. The molecule has 102 valence electrons. The molecule has 0 aromatic carbocycles. The van der Waals surface area contributed by atoms with Gasteiger partial charge in [-0.15, -0.1) is 0 Å². The largest absolute Gasteiger partial charge is 0.329 e. The zero-order chi connectivity index (χ0) is 13.3. The van der Waals surface area contributed by atoms with E-state index in [2.05, 4.69) is 44.5 Å². The van der Waals surface area contributed by atoms with Crippen molar-refractivity contribution in [2.24, 2.45) is 11.8 Å². The average molecular weight is 249 g/mol. The quantitative estimate of drug-likeness (QED) is 0.889. The first-order valence-corrected chi connectivity index (χ1v) is 7.30. The fraction of sp³-hybridized carbons (Fsp3) is 0.800. The van der Waals surface area contributed by atoms with Crippen molar-refractivity contribution in [3.63, 3.8) is 0 Å². The van der Waals surface area contributed by atoms with E-state index in [1.807, 2.05) is 0 Å². The van der Waals surface area contributed by atoms with Crippen LogP contribution in [0.4, 0.5) is 0 Å². The van der Waals surface area contributed by atoms with Crippen LogP contribution >= 0.6 is 0 Å². The summed E-state index contributed by atoms with van der Waals surface area (Å²) in [7, 11) is 0. The summed E-state index contributed by atoms with van der Waals surface area (Å²) in [4.78, 5) is 4.89. The second kappa shape index (κ2) is 5.43. The normalized spacial score (nSPS) is 17.3. The number of fused-ring (bicyclic) bond motifs is 1. The fourth-order valence-corrected chi connectivity index (χ4v) is 2.68. The molecular formula is C15H27N3. The van der Waals surface area contributed by atoms with Gasteiger partial charge in [-0.1, -0.05) is 27.7 Å². The molecule has 0 aliphatic carbocycles.